The summed E-state index contributed by atoms with van der Waals surface area (Å²) in [6, 6.07) is 1.24. The maximum absolute atomic E-state index is 13.6. The highest BCUT2D eigenvalue weighted by molar-refractivity contribution is 5.95. The molecule has 2 rings (SSSR count). The van der Waals surface area contributed by atoms with Gasteiger partial charge in [-0.05, 0) is 25.1 Å². The second-order valence-electron chi connectivity index (χ2n) is 4.81. The highest BCUT2D eigenvalue weighted by Gasteiger charge is 2.29. The maximum atomic E-state index is 13.6. The van der Waals surface area contributed by atoms with Crippen LogP contribution < -0.4 is 10.6 Å². The summed E-state index contributed by atoms with van der Waals surface area (Å²) in [7, 11) is 0. The van der Waals surface area contributed by atoms with E-state index < -0.39 is 29.1 Å². The van der Waals surface area contributed by atoms with Crippen molar-refractivity contribution in [1.29, 1.82) is 0 Å². The van der Waals surface area contributed by atoms with Crippen molar-refractivity contribution in [3.63, 3.8) is 0 Å². The third-order valence-electron chi connectivity index (χ3n) is 3.48. The minimum atomic E-state index is -1.52. The SMILES string of the molecule is CC(C(=O)Nc1cc(C(=O)O)c(F)cc1F)C1CNC1. The minimum absolute atomic E-state index is 0.164. The molecule has 0 bridgehead atoms. The van der Waals surface area contributed by atoms with Gasteiger partial charge in [-0.3, -0.25) is 4.79 Å². The van der Waals surface area contributed by atoms with E-state index in [1.54, 1.807) is 6.92 Å². The van der Waals surface area contributed by atoms with E-state index in [0.717, 1.165) is 6.07 Å². The van der Waals surface area contributed by atoms with Gasteiger partial charge in [-0.2, -0.15) is 0 Å². The Bertz CT molecular complexity index is 559. The van der Waals surface area contributed by atoms with Gasteiger partial charge in [0, 0.05) is 12.0 Å². The van der Waals surface area contributed by atoms with E-state index in [1.165, 1.54) is 0 Å². The second kappa shape index (κ2) is 5.54. The van der Waals surface area contributed by atoms with Crippen LogP contribution in [-0.4, -0.2) is 30.1 Å². The fourth-order valence-corrected chi connectivity index (χ4v) is 1.93. The molecule has 1 heterocycles. The standard InChI is InChI=1S/C13H14F2N2O3/c1-6(7-4-16-5-7)12(18)17-11-2-8(13(19)20)9(14)3-10(11)15/h2-3,6-7,16H,4-5H2,1H3,(H,17,18)(H,19,20). The first kappa shape index (κ1) is 14.4. The number of aromatic carboxylic acids is 1. The molecule has 1 saturated heterocycles. The van der Waals surface area contributed by atoms with Crippen LogP contribution in [0.3, 0.4) is 0 Å². The summed E-state index contributed by atoms with van der Waals surface area (Å²) in [5.74, 6) is -4.29. The molecule has 1 fully saturated rings. The van der Waals surface area contributed by atoms with Gasteiger partial charge in [-0.15, -0.1) is 0 Å². The fourth-order valence-electron chi connectivity index (χ4n) is 1.93. The van der Waals surface area contributed by atoms with Crippen molar-refractivity contribution in [2.75, 3.05) is 18.4 Å². The maximum Gasteiger partial charge on any atom is 0.338 e. The molecule has 0 spiro atoms. The molecule has 1 atom stereocenters. The Morgan fingerprint density at radius 2 is 2.00 bits per heavy atom. The molecular weight excluding hydrogens is 270 g/mol. The number of carboxylic acid groups (broad SMARTS) is 1. The smallest absolute Gasteiger partial charge is 0.338 e. The van der Waals surface area contributed by atoms with Crippen LogP contribution in [0, 0.1) is 23.5 Å². The summed E-state index contributed by atoms with van der Waals surface area (Å²) in [5.41, 5.74) is -1.01. The number of hydrogen-bond donors (Lipinski definition) is 3. The lowest BCUT2D eigenvalue weighted by Gasteiger charge is -2.31. The molecule has 20 heavy (non-hydrogen) atoms. The lowest BCUT2D eigenvalue weighted by atomic mass is 9.88. The monoisotopic (exact) mass is 284 g/mol. The van der Waals surface area contributed by atoms with Gasteiger partial charge in [0.2, 0.25) is 5.91 Å². The Morgan fingerprint density at radius 3 is 2.50 bits per heavy atom. The first-order valence-electron chi connectivity index (χ1n) is 6.14. The van der Waals surface area contributed by atoms with Gasteiger partial charge in [0.25, 0.3) is 0 Å². The van der Waals surface area contributed by atoms with E-state index in [0.29, 0.717) is 19.2 Å². The number of rotatable bonds is 4. The van der Waals surface area contributed by atoms with Gasteiger partial charge < -0.3 is 15.7 Å². The number of carboxylic acids is 1. The third-order valence-corrected chi connectivity index (χ3v) is 3.48. The minimum Gasteiger partial charge on any atom is -0.478 e. The van der Waals surface area contributed by atoms with Crippen molar-refractivity contribution in [1.82, 2.24) is 5.32 Å². The lowest BCUT2D eigenvalue weighted by Crippen LogP contribution is -2.48. The third kappa shape index (κ3) is 2.77. The molecule has 0 saturated carbocycles. The van der Waals surface area contributed by atoms with Crippen LogP contribution in [0.15, 0.2) is 12.1 Å². The first-order valence-corrected chi connectivity index (χ1v) is 6.14. The van der Waals surface area contributed by atoms with Gasteiger partial charge in [0.05, 0.1) is 11.3 Å². The van der Waals surface area contributed by atoms with Crippen molar-refractivity contribution < 1.29 is 23.5 Å². The Balaban J connectivity index is 2.17. The Labute approximate surface area is 114 Å². The van der Waals surface area contributed by atoms with Crippen LogP contribution in [0.1, 0.15) is 17.3 Å². The molecule has 1 aromatic rings. The molecule has 1 unspecified atom stereocenters. The van der Waals surface area contributed by atoms with Crippen LogP contribution >= 0.6 is 0 Å². The van der Waals surface area contributed by atoms with Crippen molar-refractivity contribution >= 4 is 17.6 Å². The molecule has 5 nitrogen and oxygen atoms in total. The largest absolute Gasteiger partial charge is 0.478 e. The van der Waals surface area contributed by atoms with Crippen molar-refractivity contribution in [3.05, 3.63) is 29.3 Å². The van der Waals surface area contributed by atoms with Crippen molar-refractivity contribution in [2.45, 2.75) is 6.92 Å². The molecule has 0 aromatic heterocycles. The number of benzene rings is 1. The van der Waals surface area contributed by atoms with Crippen LogP contribution in [0.5, 0.6) is 0 Å². The van der Waals surface area contributed by atoms with E-state index in [9.17, 15) is 18.4 Å². The van der Waals surface area contributed by atoms with Crippen molar-refractivity contribution in [2.24, 2.45) is 11.8 Å². The molecule has 1 aromatic carbocycles. The second-order valence-corrected chi connectivity index (χ2v) is 4.81. The molecule has 1 aliphatic rings. The molecule has 0 radical (unpaired) electrons. The number of carbonyl (C=O) groups excluding carboxylic acids is 1. The van der Waals surface area contributed by atoms with Crippen LogP contribution in [0.2, 0.25) is 0 Å². The predicted molar refractivity (Wildman–Crippen MR) is 67.5 cm³/mol. The highest BCUT2D eigenvalue weighted by atomic mass is 19.1. The van der Waals surface area contributed by atoms with Gasteiger partial charge in [0.1, 0.15) is 11.6 Å². The number of anilines is 1. The molecular formula is C13H14F2N2O3. The normalized spacial score (nSPS) is 16.4. The predicted octanol–water partition coefficient (Wildman–Crippen LogP) is 1.46. The zero-order valence-electron chi connectivity index (χ0n) is 10.7. The zero-order chi connectivity index (χ0) is 14.9. The topological polar surface area (TPSA) is 78.4 Å². The summed E-state index contributed by atoms with van der Waals surface area (Å²) < 4.78 is 26.8. The molecule has 1 aliphatic heterocycles. The average Bonchev–Trinajstić information content (AvgIpc) is 2.29. The Kier molecular flexibility index (Phi) is 3.99. The van der Waals surface area contributed by atoms with Crippen LogP contribution in [-0.2, 0) is 4.79 Å². The summed E-state index contributed by atoms with van der Waals surface area (Å²) in [6.07, 6.45) is 0. The summed E-state index contributed by atoms with van der Waals surface area (Å²) in [4.78, 5) is 22.7. The Hall–Kier alpha value is -2.02. The van der Waals surface area contributed by atoms with E-state index in [-0.39, 0.29) is 17.5 Å². The van der Waals surface area contributed by atoms with Gasteiger partial charge >= 0.3 is 5.97 Å². The Morgan fingerprint density at radius 1 is 1.35 bits per heavy atom. The van der Waals surface area contributed by atoms with Crippen molar-refractivity contribution in [3.8, 4) is 0 Å². The molecule has 0 aliphatic carbocycles. The van der Waals surface area contributed by atoms with E-state index in [2.05, 4.69) is 10.6 Å². The summed E-state index contributed by atoms with van der Waals surface area (Å²) in [6.45, 7) is 3.13. The highest BCUT2D eigenvalue weighted by Crippen LogP contribution is 2.22. The number of halogens is 2. The summed E-state index contributed by atoms with van der Waals surface area (Å²) >= 11 is 0. The zero-order valence-corrected chi connectivity index (χ0v) is 10.7. The van der Waals surface area contributed by atoms with E-state index >= 15 is 0 Å². The number of amides is 1. The van der Waals surface area contributed by atoms with Crippen LogP contribution in [0.25, 0.3) is 0 Å². The summed E-state index contributed by atoms with van der Waals surface area (Å²) in [5, 5.41) is 14.1. The number of hydrogen-bond acceptors (Lipinski definition) is 3. The number of carbonyl (C=O) groups is 2. The molecule has 7 heteroatoms. The van der Waals surface area contributed by atoms with Crippen LogP contribution in [0.4, 0.5) is 14.5 Å². The molecule has 3 N–H and O–H groups in total. The number of nitrogens with one attached hydrogen (secondary N) is 2. The molecule has 1 amide bonds. The van der Waals surface area contributed by atoms with Gasteiger partial charge in [-0.1, -0.05) is 6.92 Å². The fraction of sp³-hybridized carbons (Fsp3) is 0.385. The molecule has 108 valence electrons. The van der Waals surface area contributed by atoms with E-state index in [4.69, 9.17) is 5.11 Å². The first-order chi connectivity index (χ1) is 9.40. The quantitative estimate of drug-likeness (QED) is 0.782. The lowest BCUT2D eigenvalue weighted by molar-refractivity contribution is -0.121. The van der Waals surface area contributed by atoms with Gasteiger partial charge in [0.15, 0.2) is 0 Å². The van der Waals surface area contributed by atoms with Gasteiger partial charge in [-0.25, -0.2) is 13.6 Å². The average molecular weight is 284 g/mol. The van der Waals surface area contributed by atoms with E-state index in [1.807, 2.05) is 0 Å².